The van der Waals surface area contributed by atoms with Crippen molar-refractivity contribution in [2.24, 2.45) is 0 Å². The van der Waals surface area contributed by atoms with Gasteiger partial charge in [0.1, 0.15) is 17.6 Å². The number of methoxy groups -OCH3 is 1. The maximum atomic E-state index is 13.4. The second-order valence-corrected chi connectivity index (χ2v) is 7.95. The van der Waals surface area contributed by atoms with Gasteiger partial charge in [-0.2, -0.15) is 0 Å². The van der Waals surface area contributed by atoms with Crippen LogP contribution in [0.1, 0.15) is 41.6 Å². The molecule has 1 saturated carbocycles. The Morgan fingerprint density at radius 3 is 2.50 bits per heavy atom. The predicted octanol–water partition coefficient (Wildman–Crippen LogP) is 3.91. The first-order valence-electron chi connectivity index (χ1n) is 10.3. The second kappa shape index (κ2) is 9.00. The largest absolute Gasteiger partial charge is 0.497 e. The summed E-state index contributed by atoms with van der Waals surface area (Å²) in [6, 6.07) is 9.56. The number of carbonyl (C=O) groups excluding carboxylic acids is 1. The molecule has 0 bridgehead atoms. The molecule has 4 rings (SSSR count). The Labute approximate surface area is 175 Å². The Balaban J connectivity index is 1.37. The van der Waals surface area contributed by atoms with E-state index < -0.39 is 11.6 Å². The molecule has 0 unspecified atom stereocenters. The number of likely N-dealkylation sites (tertiary alicyclic amines) is 1. The van der Waals surface area contributed by atoms with Gasteiger partial charge in [0.15, 0.2) is 11.6 Å². The zero-order chi connectivity index (χ0) is 21.1. The average molecular weight is 416 g/mol. The Morgan fingerprint density at radius 1 is 1.07 bits per heavy atom. The first-order valence-corrected chi connectivity index (χ1v) is 10.3. The minimum absolute atomic E-state index is 0.0224. The molecule has 2 aromatic rings. The average Bonchev–Trinajstić information content (AvgIpc) is 3.56. The second-order valence-electron chi connectivity index (χ2n) is 7.95. The summed E-state index contributed by atoms with van der Waals surface area (Å²) in [5.41, 5.74) is 1.27. The summed E-state index contributed by atoms with van der Waals surface area (Å²) in [5, 5.41) is 3.00. The van der Waals surface area contributed by atoms with Crippen molar-refractivity contribution in [3.05, 3.63) is 59.2 Å². The molecule has 5 nitrogen and oxygen atoms in total. The highest BCUT2D eigenvalue weighted by molar-refractivity contribution is 5.97. The maximum absolute atomic E-state index is 13.4. The van der Waals surface area contributed by atoms with Crippen LogP contribution in [0.15, 0.2) is 36.4 Å². The summed E-state index contributed by atoms with van der Waals surface area (Å²) in [6.45, 7) is 2.12. The van der Waals surface area contributed by atoms with Gasteiger partial charge in [-0.05, 0) is 55.5 Å². The lowest BCUT2D eigenvalue weighted by Crippen LogP contribution is -2.38. The van der Waals surface area contributed by atoms with Crippen molar-refractivity contribution in [1.29, 1.82) is 0 Å². The van der Waals surface area contributed by atoms with Gasteiger partial charge in [-0.1, -0.05) is 6.07 Å². The van der Waals surface area contributed by atoms with Gasteiger partial charge in [0.05, 0.1) is 12.7 Å². The standard InChI is InChI=1S/C23H26F2N2O3/c1-29-18-5-6-19(23(28)26-16-3-4-16)22(13-18)30-17-8-10-27(11-9-17)14-15-2-7-20(24)21(25)12-15/h2,5-7,12-13,16-17H,3-4,8-11,14H2,1H3,(H,26,28). The van der Waals surface area contributed by atoms with Crippen molar-refractivity contribution >= 4 is 5.91 Å². The first-order chi connectivity index (χ1) is 14.5. The van der Waals surface area contributed by atoms with Crippen LogP contribution in [0.4, 0.5) is 8.78 Å². The van der Waals surface area contributed by atoms with Gasteiger partial charge in [-0.25, -0.2) is 8.78 Å². The van der Waals surface area contributed by atoms with Crippen LogP contribution >= 0.6 is 0 Å². The van der Waals surface area contributed by atoms with E-state index in [4.69, 9.17) is 9.47 Å². The number of amides is 1. The quantitative estimate of drug-likeness (QED) is 0.744. The van der Waals surface area contributed by atoms with Crippen molar-refractivity contribution in [2.45, 2.75) is 44.4 Å². The summed E-state index contributed by atoms with van der Waals surface area (Å²) >= 11 is 0. The third-order valence-electron chi connectivity index (χ3n) is 5.56. The molecule has 160 valence electrons. The zero-order valence-corrected chi connectivity index (χ0v) is 17.0. The number of hydrogen-bond acceptors (Lipinski definition) is 4. The fourth-order valence-corrected chi connectivity index (χ4v) is 3.67. The van der Waals surface area contributed by atoms with Gasteiger partial charge in [0, 0.05) is 31.7 Å². The van der Waals surface area contributed by atoms with Crippen LogP contribution < -0.4 is 14.8 Å². The fraction of sp³-hybridized carbons (Fsp3) is 0.435. The lowest BCUT2D eigenvalue weighted by atomic mass is 10.1. The van der Waals surface area contributed by atoms with Gasteiger partial charge in [0.2, 0.25) is 0 Å². The molecule has 2 fully saturated rings. The summed E-state index contributed by atoms with van der Waals surface area (Å²) < 4.78 is 38.0. The van der Waals surface area contributed by atoms with Gasteiger partial charge >= 0.3 is 0 Å². The van der Waals surface area contributed by atoms with E-state index >= 15 is 0 Å². The normalized spacial score (nSPS) is 17.6. The van der Waals surface area contributed by atoms with E-state index in [9.17, 15) is 13.6 Å². The van der Waals surface area contributed by atoms with Crippen LogP contribution in [-0.2, 0) is 6.54 Å². The molecule has 2 aliphatic rings. The third kappa shape index (κ3) is 5.08. The SMILES string of the molecule is COc1ccc(C(=O)NC2CC2)c(OC2CCN(Cc3ccc(F)c(F)c3)CC2)c1. The number of piperidine rings is 1. The van der Waals surface area contributed by atoms with E-state index in [1.165, 1.54) is 6.07 Å². The summed E-state index contributed by atoms with van der Waals surface area (Å²) in [6.07, 6.45) is 3.59. The van der Waals surface area contributed by atoms with E-state index in [1.807, 2.05) is 0 Å². The molecule has 1 N–H and O–H groups in total. The Kier molecular flexibility index (Phi) is 6.18. The molecule has 1 heterocycles. The van der Waals surface area contributed by atoms with E-state index in [0.717, 1.165) is 50.4 Å². The molecule has 2 aromatic carbocycles. The molecule has 1 amide bonds. The van der Waals surface area contributed by atoms with Crippen LogP contribution in [0.2, 0.25) is 0 Å². The lowest BCUT2D eigenvalue weighted by molar-refractivity contribution is 0.0889. The van der Waals surface area contributed by atoms with E-state index in [2.05, 4.69) is 10.2 Å². The van der Waals surface area contributed by atoms with Gasteiger partial charge < -0.3 is 14.8 Å². The molecule has 1 saturated heterocycles. The highest BCUT2D eigenvalue weighted by atomic mass is 19.2. The van der Waals surface area contributed by atoms with Crippen molar-refractivity contribution in [2.75, 3.05) is 20.2 Å². The minimum atomic E-state index is -0.828. The number of ether oxygens (including phenoxy) is 2. The molecule has 0 radical (unpaired) electrons. The molecule has 1 aliphatic heterocycles. The number of nitrogens with one attached hydrogen (secondary N) is 1. The van der Waals surface area contributed by atoms with Crippen LogP contribution in [-0.4, -0.2) is 43.2 Å². The topological polar surface area (TPSA) is 50.8 Å². The number of nitrogens with zero attached hydrogens (tertiary/aromatic N) is 1. The summed E-state index contributed by atoms with van der Waals surface area (Å²) in [7, 11) is 1.58. The molecular weight excluding hydrogens is 390 g/mol. The lowest BCUT2D eigenvalue weighted by Gasteiger charge is -2.32. The maximum Gasteiger partial charge on any atom is 0.255 e. The first kappa shape index (κ1) is 20.6. The summed E-state index contributed by atoms with van der Waals surface area (Å²) in [5.74, 6) is -0.590. The highest BCUT2D eigenvalue weighted by Gasteiger charge is 2.27. The van der Waals surface area contributed by atoms with E-state index in [1.54, 1.807) is 31.4 Å². The van der Waals surface area contributed by atoms with Crippen molar-refractivity contribution in [1.82, 2.24) is 10.2 Å². The molecule has 7 heteroatoms. The summed E-state index contributed by atoms with van der Waals surface area (Å²) in [4.78, 5) is 14.8. The van der Waals surface area contributed by atoms with Crippen LogP contribution in [0.25, 0.3) is 0 Å². The minimum Gasteiger partial charge on any atom is -0.497 e. The molecule has 0 spiro atoms. The molecular formula is C23H26F2N2O3. The number of rotatable bonds is 7. The van der Waals surface area contributed by atoms with Crippen LogP contribution in [0, 0.1) is 11.6 Å². The van der Waals surface area contributed by atoms with Crippen molar-refractivity contribution in [3.63, 3.8) is 0 Å². The van der Waals surface area contributed by atoms with Gasteiger partial charge in [-0.15, -0.1) is 0 Å². The molecule has 0 atom stereocenters. The number of carbonyl (C=O) groups is 1. The molecule has 30 heavy (non-hydrogen) atoms. The third-order valence-corrected chi connectivity index (χ3v) is 5.56. The Bertz CT molecular complexity index is 909. The molecule has 1 aliphatic carbocycles. The molecule has 0 aromatic heterocycles. The van der Waals surface area contributed by atoms with E-state index in [-0.39, 0.29) is 18.1 Å². The van der Waals surface area contributed by atoms with Gasteiger partial charge in [0.25, 0.3) is 5.91 Å². The van der Waals surface area contributed by atoms with Gasteiger partial charge in [-0.3, -0.25) is 9.69 Å². The number of benzene rings is 2. The van der Waals surface area contributed by atoms with E-state index in [0.29, 0.717) is 23.6 Å². The van der Waals surface area contributed by atoms with Crippen molar-refractivity contribution in [3.8, 4) is 11.5 Å². The Morgan fingerprint density at radius 2 is 1.83 bits per heavy atom. The zero-order valence-electron chi connectivity index (χ0n) is 17.0. The monoisotopic (exact) mass is 416 g/mol. The predicted molar refractivity (Wildman–Crippen MR) is 109 cm³/mol. The fourth-order valence-electron chi connectivity index (χ4n) is 3.67. The smallest absolute Gasteiger partial charge is 0.255 e. The van der Waals surface area contributed by atoms with Crippen molar-refractivity contribution < 1.29 is 23.0 Å². The Hall–Kier alpha value is -2.67. The number of hydrogen-bond donors (Lipinski definition) is 1. The number of halogens is 2. The van der Waals surface area contributed by atoms with Crippen LogP contribution in [0.3, 0.4) is 0 Å². The highest BCUT2D eigenvalue weighted by Crippen LogP contribution is 2.29. The van der Waals surface area contributed by atoms with Crippen LogP contribution in [0.5, 0.6) is 11.5 Å².